The molecule has 0 spiro atoms. The molecule has 0 aliphatic heterocycles. The number of nitrogens with one attached hydrogen (secondary N) is 1. The van der Waals surface area contributed by atoms with E-state index in [1.807, 2.05) is 6.07 Å². The van der Waals surface area contributed by atoms with Crippen molar-refractivity contribution in [3.8, 4) is 5.75 Å². The van der Waals surface area contributed by atoms with Crippen LogP contribution in [0.15, 0.2) is 36.9 Å². The van der Waals surface area contributed by atoms with Crippen LogP contribution in [0, 0.1) is 5.82 Å². The van der Waals surface area contributed by atoms with E-state index in [1.165, 1.54) is 12.3 Å². The van der Waals surface area contributed by atoms with Crippen LogP contribution >= 0.6 is 0 Å². The summed E-state index contributed by atoms with van der Waals surface area (Å²) in [6.45, 7) is 2.89. The normalized spacial score (nSPS) is 12.2. The number of hydrogen-bond acceptors (Lipinski definition) is 4. The maximum absolute atomic E-state index is 13.4. The Labute approximate surface area is 118 Å². The van der Waals surface area contributed by atoms with Crippen molar-refractivity contribution in [2.75, 3.05) is 13.7 Å². The standard InChI is InChI=1S/C15H18FN3O/c1-3-5-19-15(11-7-12(16)9-18-8-11)13-4-6-17-10-14(13)20-2/h4,6-10,15,19H,3,5H2,1-2H3. The number of halogens is 1. The second kappa shape index (κ2) is 6.96. The van der Waals surface area contributed by atoms with Crippen molar-refractivity contribution >= 4 is 0 Å². The first-order valence-electron chi connectivity index (χ1n) is 6.58. The van der Waals surface area contributed by atoms with Gasteiger partial charge in [0.15, 0.2) is 0 Å². The molecule has 0 fully saturated rings. The maximum atomic E-state index is 13.4. The summed E-state index contributed by atoms with van der Waals surface area (Å²) in [6, 6.07) is 3.19. The molecule has 0 saturated heterocycles. The van der Waals surface area contributed by atoms with Gasteiger partial charge in [0.25, 0.3) is 0 Å². The third-order valence-corrected chi connectivity index (χ3v) is 3.01. The smallest absolute Gasteiger partial charge is 0.142 e. The summed E-state index contributed by atoms with van der Waals surface area (Å²) in [5, 5.41) is 3.39. The Morgan fingerprint density at radius 2 is 2.15 bits per heavy atom. The first-order valence-corrected chi connectivity index (χ1v) is 6.58. The monoisotopic (exact) mass is 275 g/mol. The van der Waals surface area contributed by atoms with Gasteiger partial charge in [-0.3, -0.25) is 9.97 Å². The van der Waals surface area contributed by atoms with Gasteiger partial charge in [0.05, 0.1) is 25.5 Å². The van der Waals surface area contributed by atoms with Crippen molar-refractivity contribution in [2.45, 2.75) is 19.4 Å². The topological polar surface area (TPSA) is 47.0 Å². The molecule has 2 heterocycles. The van der Waals surface area contributed by atoms with Crippen LogP contribution in [0.3, 0.4) is 0 Å². The Morgan fingerprint density at radius 1 is 1.30 bits per heavy atom. The van der Waals surface area contributed by atoms with Gasteiger partial charge in [0, 0.05) is 18.0 Å². The fraction of sp³-hybridized carbons (Fsp3) is 0.333. The molecule has 0 aliphatic rings. The molecule has 1 N–H and O–H groups in total. The number of aromatic nitrogens is 2. The number of methoxy groups -OCH3 is 1. The van der Waals surface area contributed by atoms with E-state index in [2.05, 4.69) is 22.2 Å². The average Bonchev–Trinajstić information content (AvgIpc) is 2.48. The lowest BCUT2D eigenvalue weighted by Gasteiger charge is -2.21. The summed E-state index contributed by atoms with van der Waals surface area (Å²) in [5.41, 5.74) is 1.69. The van der Waals surface area contributed by atoms with E-state index < -0.39 is 0 Å². The first kappa shape index (κ1) is 14.4. The summed E-state index contributed by atoms with van der Waals surface area (Å²) in [7, 11) is 1.60. The molecule has 0 aliphatic carbocycles. The summed E-state index contributed by atoms with van der Waals surface area (Å²) < 4.78 is 18.8. The van der Waals surface area contributed by atoms with Crippen LogP contribution in [0.5, 0.6) is 5.75 Å². The molecule has 5 heteroatoms. The van der Waals surface area contributed by atoms with E-state index in [1.54, 1.807) is 25.7 Å². The molecule has 1 atom stereocenters. The zero-order valence-electron chi connectivity index (χ0n) is 11.6. The van der Waals surface area contributed by atoms with Crippen LogP contribution in [-0.4, -0.2) is 23.6 Å². The van der Waals surface area contributed by atoms with Gasteiger partial charge >= 0.3 is 0 Å². The van der Waals surface area contributed by atoms with Gasteiger partial charge in [0.2, 0.25) is 0 Å². The second-order valence-electron chi connectivity index (χ2n) is 4.44. The first-order chi connectivity index (χ1) is 9.76. The van der Waals surface area contributed by atoms with Crippen molar-refractivity contribution in [2.24, 2.45) is 0 Å². The number of hydrogen-bond donors (Lipinski definition) is 1. The SMILES string of the molecule is CCCNC(c1cncc(F)c1)c1ccncc1OC. The van der Waals surface area contributed by atoms with Gasteiger partial charge in [-0.1, -0.05) is 6.92 Å². The van der Waals surface area contributed by atoms with E-state index in [4.69, 9.17) is 4.74 Å². The minimum Gasteiger partial charge on any atom is -0.495 e. The number of pyridine rings is 2. The molecule has 2 aromatic heterocycles. The molecular formula is C15H18FN3O. The predicted octanol–water partition coefficient (Wildman–Crippen LogP) is 2.71. The Bertz CT molecular complexity index is 562. The summed E-state index contributed by atoms with van der Waals surface area (Å²) in [6.07, 6.45) is 7.20. The predicted molar refractivity (Wildman–Crippen MR) is 75.1 cm³/mol. The van der Waals surface area contributed by atoms with Crippen LogP contribution in [0.2, 0.25) is 0 Å². The molecule has 0 amide bonds. The lowest BCUT2D eigenvalue weighted by Crippen LogP contribution is -2.24. The molecule has 0 aromatic carbocycles. The molecule has 106 valence electrons. The Balaban J connectivity index is 2.41. The lowest BCUT2D eigenvalue weighted by atomic mass is 10.00. The quantitative estimate of drug-likeness (QED) is 0.880. The molecule has 2 aromatic rings. The fourth-order valence-electron chi connectivity index (χ4n) is 2.08. The minimum absolute atomic E-state index is 0.170. The zero-order valence-corrected chi connectivity index (χ0v) is 11.6. The van der Waals surface area contributed by atoms with Crippen LogP contribution in [0.4, 0.5) is 4.39 Å². The molecule has 20 heavy (non-hydrogen) atoms. The highest BCUT2D eigenvalue weighted by molar-refractivity contribution is 5.39. The summed E-state index contributed by atoms with van der Waals surface area (Å²) in [4.78, 5) is 7.97. The number of ether oxygens (including phenoxy) is 1. The van der Waals surface area contributed by atoms with Crippen molar-refractivity contribution in [1.29, 1.82) is 0 Å². The van der Waals surface area contributed by atoms with Crippen LogP contribution < -0.4 is 10.1 Å². The molecule has 0 bridgehead atoms. The van der Waals surface area contributed by atoms with E-state index in [-0.39, 0.29) is 11.9 Å². The fourth-order valence-corrected chi connectivity index (χ4v) is 2.08. The molecule has 2 rings (SSSR count). The van der Waals surface area contributed by atoms with Gasteiger partial charge in [-0.15, -0.1) is 0 Å². The molecular weight excluding hydrogens is 257 g/mol. The number of rotatable bonds is 6. The van der Waals surface area contributed by atoms with Crippen LogP contribution in [-0.2, 0) is 0 Å². The van der Waals surface area contributed by atoms with Gasteiger partial charge in [-0.05, 0) is 30.7 Å². The molecule has 4 nitrogen and oxygen atoms in total. The van der Waals surface area contributed by atoms with Crippen LogP contribution in [0.1, 0.15) is 30.5 Å². The van der Waals surface area contributed by atoms with E-state index in [0.29, 0.717) is 5.75 Å². The van der Waals surface area contributed by atoms with E-state index in [0.717, 1.165) is 24.1 Å². The van der Waals surface area contributed by atoms with Crippen molar-refractivity contribution in [1.82, 2.24) is 15.3 Å². The average molecular weight is 275 g/mol. The highest BCUT2D eigenvalue weighted by Gasteiger charge is 2.18. The van der Waals surface area contributed by atoms with Crippen molar-refractivity contribution in [3.05, 3.63) is 53.9 Å². The molecule has 1 unspecified atom stereocenters. The Morgan fingerprint density at radius 3 is 2.85 bits per heavy atom. The van der Waals surface area contributed by atoms with Gasteiger partial charge < -0.3 is 10.1 Å². The highest BCUT2D eigenvalue weighted by Crippen LogP contribution is 2.29. The molecule has 0 saturated carbocycles. The summed E-state index contributed by atoms with van der Waals surface area (Å²) in [5.74, 6) is 0.323. The summed E-state index contributed by atoms with van der Waals surface area (Å²) >= 11 is 0. The third-order valence-electron chi connectivity index (χ3n) is 3.01. The highest BCUT2D eigenvalue weighted by atomic mass is 19.1. The zero-order chi connectivity index (χ0) is 14.4. The number of nitrogens with zero attached hydrogens (tertiary/aromatic N) is 2. The second-order valence-corrected chi connectivity index (χ2v) is 4.44. The van der Waals surface area contributed by atoms with E-state index in [9.17, 15) is 4.39 Å². The van der Waals surface area contributed by atoms with Gasteiger partial charge in [-0.25, -0.2) is 4.39 Å². The van der Waals surface area contributed by atoms with Gasteiger partial charge in [0.1, 0.15) is 11.6 Å². The Hall–Kier alpha value is -2.01. The maximum Gasteiger partial charge on any atom is 0.142 e. The van der Waals surface area contributed by atoms with Crippen molar-refractivity contribution in [3.63, 3.8) is 0 Å². The van der Waals surface area contributed by atoms with Crippen molar-refractivity contribution < 1.29 is 9.13 Å². The van der Waals surface area contributed by atoms with E-state index >= 15 is 0 Å². The third kappa shape index (κ3) is 3.30. The van der Waals surface area contributed by atoms with Crippen LogP contribution in [0.25, 0.3) is 0 Å². The van der Waals surface area contributed by atoms with Gasteiger partial charge in [-0.2, -0.15) is 0 Å². The lowest BCUT2D eigenvalue weighted by molar-refractivity contribution is 0.401. The Kier molecular flexibility index (Phi) is 5.01. The minimum atomic E-state index is -0.348. The molecule has 0 radical (unpaired) electrons. The largest absolute Gasteiger partial charge is 0.495 e.